The number of aromatic nitrogens is 2. The molecule has 6 heteroatoms. The highest BCUT2D eigenvalue weighted by molar-refractivity contribution is 5.55. The normalized spacial score (nSPS) is 12.3. The van der Waals surface area contributed by atoms with E-state index in [0.717, 1.165) is 17.7 Å². The molecule has 0 bridgehead atoms. The second-order valence-electron chi connectivity index (χ2n) is 4.78. The third kappa shape index (κ3) is 4.54. The van der Waals surface area contributed by atoms with Crippen molar-refractivity contribution in [3.8, 4) is 17.2 Å². The lowest BCUT2D eigenvalue weighted by atomic mass is 10.2. The van der Waals surface area contributed by atoms with Crippen LogP contribution in [0.3, 0.4) is 0 Å². The van der Waals surface area contributed by atoms with Gasteiger partial charge in [0, 0.05) is 25.1 Å². The average molecular weight is 291 g/mol. The highest BCUT2D eigenvalue weighted by atomic mass is 16.5. The molecular formula is C15H21N3O3. The fourth-order valence-corrected chi connectivity index (χ4v) is 1.79. The number of likely N-dealkylation sites (N-methyl/N-ethyl adjacent to an activating group) is 1. The molecule has 0 aliphatic heterocycles. The minimum absolute atomic E-state index is 0.305. The van der Waals surface area contributed by atoms with E-state index >= 15 is 0 Å². The van der Waals surface area contributed by atoms with Crippen LogP contribution in [-0.2, 0) is 11.2 Å². The lowest BCUT2D eigenvalue weighted by molar-refractivity contribution is 0.146. The zero-order valence-corrected chi connectivity index (χ0v) is 12.6. The van der Waals surface area contributed by atoms with Gasteiger partial charge in [-0.25, -0.2) is 0 Å². The van der Waals surface area contributed by atoms with Crippen LogP contribution in [0.25, 0.3) is 11.5 Å². The highest BCUT2D eigenvalue weighted by Crippen LogP contribution is 2.22. The van der Waals surface area contributed by atoms with Crippen LogP contribution >= 0.6 is 0 Å². The van der Waals surface area contributed by atoms with E-state index in [9.17, 15) is 0 Å². The molecule has 0 saturated carbocycles. The molecule has 114 valence electrons. The molecule has 1 aromatic heterocycles. The number of rotatable bonds is 8. The molecule has 2 aromatic rings. The number of hydrogen-bond acceptors (Lipinski definition) is 6. The van der Waals surface area contributed by atoms with Gasteiger partial charge in [0.05, 0.1) is 6.61 Å². The summed E-state index contributed by atoms with van der Waals surface area (Å²) in [6.45, 7) is 3.13. The maximum atomic E-state index is 5.57. The molecule has 21 heavy (non-hydrogen) atoms. The van der Waals surface area contributed by atoms with Crippen LogP contribution in [0, 0.1) is 0 Å². The number of ether oxygens (including phenoxy) is 2. The third-order valence-electron chi connectivity index (χ3n) is 3.09. The van der Waals surface area contributed by atoms with Crippen LogP contribution in [-0.4, -0.2) is 43.6 Å². The van der Waals surface area contributed by atoms with E-state index in [1.165, 1.54) is 0 Å². The molecule has 6 nitrogen and oxygen atoms in total. The first-order valence-corrected chi connectivity index (χ1v) is 6.95. The summed E-state index contributed by atoms with van der Waals surface area (Å²) in [6, 6.07) is 7.90. The second-order valence-corrected chi connectivity index (χ2v) is 4.78. The molecule has 0 amide bonds. The zero-order valence-electron chi connectivity index (χ0n) is 12.6. The summed E-state index contributed by atoms with van der Waals surface area (Å²) in [4.78, 5) is 4.41. The summed E-state index contributed by atoms with van der Waals surface area (Å²) >= 11 is 0. The lowest BCUT2D eigenvalue weighted by Gasteiger charge is -2.06. The second kappa shape index (κ2) is 7.75. The molecule has 0 aliphatic carbocycles. The predicted octanol–water partition coefficient (Wildman–Crippen LogP) is 1.91. The highest BCUT2D eigenvalue weighted by Gasteiger charge is 2.11. The van der Waals surface area contributed by atoms with E-state index in [2.05, 4.69) is 22.4 Å². The molecule has 2 rings (SSSR count). The van der Waals surface area contributed by atoms with Gasteiger partial charge in [-0.05, 0) is 32.2 Å². The van der Waals surface area contributed by atoms with Gasteiger partial charge >= 0.3 is 0 Å². The Kier molecular flexibility index (Phi) is 5.71. The van der Waals surface area contributed by atoms with Crippen molar-refractivity contribution in [1.82, 2.24) is 15.5 Å². The van der Waals surface area contributed by atoms with Crippen molar-refractivity contribution >= 4 is 0 Å². The molecule has 0 spiro atoms. The van der Waals surface area contributed by atoms with Crippen LogP contribution in [0.5, 0.6) is 5.75 Å². The molecule has 0 fully saturated rings. The molecule has 1 atom stereocenters. The van der Waals surface area contributed by atoms with Gasteiger partial charge in [-0.3, -0.25) is 0 Å². The van der Waals surface area contributed by atoms with E-state index in [1.807, 2.05) is 31.3 Å². The smallest absolute Gasteiger partial charge is 0.258 e. The summed E-state index contributed by atoms with van der Waals surface area (Å²) in [5, 5.41) is 7.15. The van der Waals surface area contributed by atoms with Crippen molar-refractivity contribution in [1.29, 1.82) is 0 Å². The maximum absolute atomic E-state index is 5.57. The van der Waals surface area contributed by atoms with E-state index in [0.29, 0.717) is 31.0 Å². The third-order valence-corrected chi connectivity index (χ3v) is 3.09. The summed E-state index contributed by atoms with van der Waals surface area (Å²) in [5.41, 5.74) is 0.848. The Morgan fingerprint density at radius 1 is 1.33 bits per heavy atom. The van der Waals surface area contributed by atoms with Gasteiger partial charge in [0.1, 0.15) is 12.4 Å². The molecule has 0 aliphatic rings. The van der Waals surface area contributed by atoms with Crippen LogP contribution in [0.2, 0.25) is 0 Å². The first-order chi connectivity index (χ1) is 10.2. The SMILES string of the molecule is CNC(C)Cc1noc(-c2cccc(OCCOC)c2)n1. The van der Waals surface area contributed by atoms with E-state index in [4.69, 9.17) is 14.0 Å². The summed E-state index contributed by atoms with van der Waals surface area (Å²) in [7, 11) is 3.55. The fourth-order valence-electron chi connectivity index (χ4n) is 1.79. The quantitative estimate of drug-likeness (QED) is 0.749. The van der Waals surface area contributed by atoms with Gasteiger partial charge in [-0.2, -0.15) is 4.98 Å². The summed E-state index contributed by atoms with van der Waals surface area (Å²) < 4.78 is 15.8. The number of hydrogen-bond donors (Lipinski definition) is 1. The summed E-state index contributed by atoms with van der Waals surface area (Å²) in [5.74, 6) is 1.95. The van der Waals surface area contributed by atoms with Gasteiger partial charge in [0.2, 0.25) is 0 Å². The average Bonchev–Trinajstić information content (AvgIpc) is 2.96. The van der Waals surface area contributed by atoms with E-state index < -0.39 is 0 Å². The standard InChI is InChI=1S/C15H21N3O3/c1-11(16-2)9-14-17-15(21-18-14)12-5-4-6-13(10-12)20-8-7-19-3/h4-6,10-11,16H,7-9H2,1-3H3. The van der Waals surface area contributed by atoms with Gasteiger partial charge in [-0.15, -0.1) is 0 Å². The van der Waals surface area contributed by atoms with Crippen molar-refractivity contribution in [2.75, 3.05) is 27.4 Å². The van der Waals surface area contributed by atoms with Gasteiger partial charge in [0.15, 0.2) is 5.82 Å². The maximum Gasteiger partial charge on any atom is 0.258 e. The first-order valence-electron chi connectivity index (χ1n) is 6.95. The Bertz CT molecular complexity index is 557. The lowest BCUT2D eigenvalue weighted by Crippen LogP contribution is -2.24. The number of methoxy groups -OCH3 is 1. The van der Waals surface area contributed by atoms with Crippen LogP contribution in [0.4, 0.5) is 0 Å². The van der Waals surface area contributed by atoms with Crippen molar-refractivity contribution in [2.45, 2.75) is 19.4 Å². The minimum Gasteiger partial charge on any atom is -0.491 e. The van der Waals surface area contributed by atoms with E-state index in [-0.39, 0.29) is 0 Å². The Labute approximate surface area is 124 Å². The van der Waals surface area contributed by atoms with Crippen molar-refractivity contribution in [2.24, 2.45) is 0 Å². The number of benzene rings is 1. The minimum atomic E-state index is 0.305. The van der Waals surface area contributed by atoms with Crippen LogP contribution in [0.15, 0.2) is 28.8 Å². The monoisotopic (exact) mass is 291 g/mol. The van der Waals surface area contributed by atoms with Gasteiger partial charge in [-0.1, -0.05) is 11.2 Å². The molecule has 1 aromatic carbocycles. The molecule has 1 unspecified atom stereocenters. The van der Waals surface area contributed by atoms with Crippen molar-refractivity contribution in [3.63, 3.8) is 0 Å². The largest absolute Gasteiger partial charge is 0.491 e. The molecular weight excluding hydrogens is 270 g/mol. The van der Waals surface area contributed by atoms with Gasteiger partial charge < -0.3 is 19.3 Å². The number of nitrogens with zero attached hydrogens (tertiary/aromatic N) is 2. The molecule has 0 radical (unpaired) electrons. The zero-order chi connectivity index (χ0) is 15.1. The van der Waals surface area contributed by atoms with Crippen molar-refractivity contribution < 1.29 is 14.0 Å². The Morgan fingerprint density at radius 2 is 2.19 bits per heavy atom. The van der Waals surface area contributed by atoms with Gasteiger partial charge in [0.25, 0.3) is 5.89 Å². The Balaban J connectivity index is 2.05. The first kappa shape index (κ1) is 15.5. The molecule has 1 heterocycles. The fraction of sp³-hybridized carbons (Fsp3) is 0.467. The topological polar surface area (TPSA) is 69.4 Å². The Hall–Kier alpha value is -1.92. The predicted molar refractivity (Wildman–Crippen MR) is 79.3 cm³/mol. The Morgan fingerprint density at radius 3 is 2.95 bits per heavy atom. The number of nitrogens with one attached hydrogen (secondary N) is 1. The summed E-state index contributed by atoms with van der Waals surface area (Å²) in [6.07, 6.45) is 0.726. The van der Waals surface area contributed by atoms with Crippen LogP contribution in [0.1, 0.15) is 12.7 Å². The van der Waals surface area contributed by atoms with Crippen molar-refractivity contribution in [3.05, 3.63) is 30.1 Å². The van der Waals surface area contributed by atoms with E-state index in [1.54, 1.807) is 7.11 Å². The van der Waals surface area contributed by atoms with Crippen LogP contribution < -0.4 is 10.1 Å². The molecule has 1 N–H and O–H groups in total. The molecule has 0 saturated heterocycles.